The summed E-state index contributed by atoms with van der Waals surface area (Å²) in [7, 11) is 0. The van der Waals surface area contributed by atoms with Crippen LogP contribution in [0.3, 0.4) is 0 Å². The molecule has 1 rings (SSSR count). The minimum atomic E-state index is -0.854. The first-order chi connectivity index (χ1) is 10.1. The molecule has 0 heterocycles. The standard InChI is InChI=1S/C16H31N3O2/c1-3-10-16(11-4-2,14(17)19-21)15(20)18-12-13-8-6-5-7-9-13/h13,21H,3-12H2,1-2H3,(H2,17,19)(H,18,20). The molecule has 0 radical (unpaired) electrons. The first-order valence-electron chi connectivity index (χ1n) is 8.37. The Balaban J connectivity index is 2.73. The molecule has 1 aliphatic rings. The Morgan fingerprint density at radius 2 is 1.81 bits per heavy atom. The lowest BCUT2D eigenvalue weighted by molar-refractivity contribution is -0.128. The summed E-state index contributed by atoms with van der Waals surface area (Å²) >= 11 is 0. The Labute approximate surface area is 128 Å². The highest BCUT2D eigenvalue weighted by Crippen LogP contribution is 2.31. The van der Waals surface area contributed by atoms with Crippen LogP contribution < -0.4 is 11.1 Å². The van der Waals surface area contributed by atoms with Gasteiger partial charge in [-0.25, -0.2) is 0 Å². The molecule has 4 N–H and O–H groups in total. The lowest BCUT2D eigenvalue weighted by Crippen LogP contribution is -2.50. The predicted octanol–water partition coefficient (Wildman–Crippen LogP) is 3.02. The zero-order valence-electron chi connectivity index (χ0n) is 13.5. The maximum absolute atomic E-state index is 12.7. The number of nitrogens with two attached hydrogens (primary N) is 1. The average Bonchev–Trinajstić information content (AvgIpc) is 2.52. The fraction of sp³-hybridized carbons (Fsp3) is 0.875. The molecule has 0 bridgehead atoms. The van der Waals surface area contributed by atoms with E-state index in [1.165, 1.54) is 32.1 Å². The third-order valence-electron chi connectivity index (χ3n) is 4.66. The Morgan fingerprint density at radius 1 is 1.24 bits per heavy atom. The van der Waals surface area contributed by atoms with Gasteiger partial charge in [-0.3, -0.25) is 4.79 Å². The summed E-state index contributed by atoms with van der Waals surface area (Å²) in [6.45, 7) is 4.75. The molecule has 122 valence electrons. The Kier molecular flexibility index (Phi) is 7.54. The topological polar surface area (TPSA) is 87.7 Å². The van der Waals surface area contributed by atoms with Crippen molar-refractivity contribution in [3.8, 4) is 0 Å². The molecule has 5 nitrogen and oxygen atoms in total. The highest BCUT2D eigenvalue weighted by molar-refractivity contribution is 6.06. The molecule has 0 aromatic rings. The van der Waals surface area contributed by atoms with Crippen LogP contribution in [-0.4, -0.2) is 23.5 Å². The van der Waals surface area contributed by atoms with Gasteiger partial charge in [0, 0.05) is 6.54 Å². The van der Waals surface area contributed by atoms with Gasteiger partial charge in [-0.15, -0.1) is 0 Å². The van der Waals surface area contributed by atoms with Crippen molar-refractivity contribution in [2.45, 2.75) is 71.6 Å². The molecule has 0 saturated heterocycles. The first kappa shape index (κ1) is 17.8. The summed E-state index contributed by atoms with van der Waals surface area (Å²) in [6, 6.07) is 0. The second-order valence-corrected chi connectivity index (χ2v) is 6.28. The molecule has 1 fully saturated rings. The van der Waals surface area contributed by atoms with Crippen molar-refractivity contribution in [3.63, 3.8) is 0 Å². The highest BCUT2D eigenvalue weighted by atomic mass is 16.4. The minimum absolute atomic E-state index is 0.0485. The number of carbonyl (C=O) groups excluding carboxylic acids is 1. The van der Waals surface area contributed by atoms with Gasteiger partial charge in [0.2, 0.25) is 5.91 Å². The van der Waals surface area contributed by atoms with Crippen LogP contribution in [0.4, 0.5) is 0 Å². The number of hydrogen-bond acceptors (Lipinski definition) is 3. The van der Waals surface area contributed by atoms with Crippen molar-refractivity contribution in [2.24, 2.45) is 22.2 Å². The van der Waals surface area contributed by atoms with Crippen LogP contribution in [0.1, 0.15) is 71.6 Å². The summed E-state index contributed by atoms with van der Waals surface area (Å²) in [5.74, 6) is 0.551. The van der Waals surface area contributed by atoms with Gasteiger partial charge >= 0.3 is 0 Å². The van der Waals surface area contributed by atoms with E-state index in [1.54, 1.807) is 0 Å². The average molecular weight is 297 g/mol. The van der Waals surface area contributed by atoms with Gasteiger partial charge in [0.1, 0.15) is 5.41 Å². The molecule has 0 aromatic heterocycles. The number of hydrogen-bond donors (Lipinski definition) is 3. The van der Waals surface area contributed by atoms with E-state index in [9.17, 15) is 4.79 Å². The molecule has 0 aliphatic heterocycles. The smallest absolute Gasteiger partial charge is 0.233 e. The van der Waals surface area contributed by atoms with Crippen molar-refractivity contribution in [2.75, 3.05) is 6.54 Å². The second-order valence-electron chi connectivity index (χ2n) is 6.28. The number of amidine groups is 1. The number of nitrogens with one attached hydrogen (secondary N) is 1. The van der Waals surface area contributed by atoms with E-state index in [-0.39, 0.29) is 11.7 Å². The van der Waals surface area contributed by atoms with Crippen LogP contribution in [0.5, 0.6) is 0 Å². The van der Waals surface area contributed by atoms with E-state index < -0.39 is 5.41 Å². The maximum atomic E-state index is 12.7. The molecular weight excluding hydrogens is 266 g/mol. The monoisotopic (exact) mass is 297 g/mol. The summed E-state index contributed by atoms with van der Waals surface area (Å²) in [4.78, 5) is 12.7. The van der Waals surface area contributed by atoms with Crippen LogP contribution in [0.25, 0.3) is 0 Å². The molecule has 1 aliphatic carbocycles. The van der Waals surface area contributed by atoms with E-state index in [0.717, 1.165) is 12.8 Å². The van der Waals surface area contributed by atoms with Crippen molar-refractivity contribution in [1.29, 1.82) is 0 Å². The van der Waals surface area contributed by atoms with Crippen molar-refractivity contribution in [3.05, 3.63) is 0 Å². The lowest BCUT2D eigenvalue weighted by Gasteiger charge is -2.32. The van der Waals surface area contributed by atoms with Gasteiger partial charge in [0.25, 0.3) is 0 Å². The molecule has 1 saturated carbocycles. The Morgan fingerprint density at radius 3 is 2.29 bits per heavy atom. The predicted molar refractivity (Wildman–Crippen MR) is 85.2 cm³/mol. The van der Waals surface area contributed by atoms with E-state index >= 15 is 0 Å². The summed E-state index contributed by atoms with van der Waals surface area (Å²) in [5, 5.41) is 15.3. The third-order valence-corrected chi connectivity index (χ3v) is 4.66. The van der Waals surface area contributed by atoms with E-state index in [0.29, 0.717) is 25.3 Å². The molecule has 0 atom stereocenters. The first-order valence-corrected chi connectivity index (χ1v) is 8.37. The molecule has 21 heavy (non-hydrogen) atoms. The quantitative estimate of drug-likeness (QED) is 0.278. The van der Waals surface area contributed by atoms with Crippen molar-refractivity contribution in [1.82, 2.24) is 5.32 Å². The Bertz CT molecular complexity index is 343. The third kappa shape index (κ3) is 4.61. The van der Waals surface area contributed by atoms with Crippen LogP contribution >= 0.6 is 0 Å². The normalized spacial score (nSPS) is 17.7. The number of carbonyl (C=O) groups is 1. The zero-order chi connectivity index (χ0) is 15.7. The molecule has 0 unspecified atom stereocenters. The van der Waals surface area contributed by atoms with Gasteiger partial charge < -0.3 is 16.3 Å². The molecule has 5 heteroatoms. The molecular formula is C16H31N3O2. The van der Waals surface area contributed by atoms with Gasteiger partial charge in [-0.2, -0.15) is 0 Å². The highest BCUT2D eigenvalue weighted by Gasteiger charge is 2.41. The number of nitrogens with zero attached hydrogens (tertiary/aromatic N) is 1. The van der Waals surface area contributed by atoms with E-state index in [2.05, 4.69) is 10.5 Å². The van der Waals surface area contributed by atoms with Crippen molar-refractivity contribution >= 4 is 11.7 Å². The van der Waals surface area contributed by atoms with Crippen molar-refractivity contribution < 1.29 is 10.0 Å². The summed E-state index contributed by atoms with van der Waals surface area (Å²) < 4.78 is 0. The van der Waals surface area contributed by atoms with E-state index in [1.807, 2.05) is 13.8 Å². The van der Waals surface area contributed by atoms with Crippen LogP contribution in [0.2, 0.25) is 0 Å². The SMILES string of the molecule is CCCC(CCC)(C(=O)NCC1CCCCC1)C(N)=NO. The van der Waals surface area contributed by atoms with Gasteiger partial charge in [-0.1, -0.05) is 51.1 Å². The fourth-order valence-corrected chi connectivity index (χ4v) is 3.47. The summed E-state index contributed by atoms with van der Waals surface area (Å²) in [5.41, 5.74) is 5.02. The minimum Gasteiger partial charge on any atom is -0.409 e. The summed E-state index contributed by atoms with van der Waals surface area (Å²) in [6.07, 6.45) is 9.10. The zero-order valence-corrected chi connectivity index (χ0v) is 13.5. The molecule has 0 spiro atoms. The maximum Gasteiger partial charge on any atom is 0.233 e. The molecule has 0 aromatic carbocycles. The van der Waals surface area contributed by atoms with Gasteiger partial charge in [0.05, 0.1) is 0 Å². The second kappa shape index (κ2) is 8.90. The number of amides is 1. The van der Waals surface area contributed by atoms with Crippen LogP contribution in [-0.2, 0) is 4.79 Å². The largest absolute Gasteiger partial charge is 0.409 e. The van der Waals surface area contributed by atoms with E-state index in [4.69, 9.17) is 10.9 Å². The molecule has 1 amide bonds. The van der Waals surface area contributed by atoms with Gasteiger partial charge in [0.15, 0.2) is 5.84 Å². The van der Waals surface area contributed by atoms with Crippen LogP contribution in [0.15, 0.2) is 5.16 Å². The Hall–Kier alpha value is -1.26. The van der Waals surface area contributed by atoms with Gasteiger partial charge in [-0.05, 0) is 31.6 Å². The number of rotatable bonds is 8. The fourth-order valence-electron chi connectivity index (χ4n) is 3.47. The lowest BCUT2D eigenvalue weighted by atomic mass is 9.77. The number of oxime groups is 1. The van der Waals surface area contributed by atoms with Crippen LogP contribution in [0, 0.1) is 11.3 Å².